The molecule has 6 heteroatoms. The monoisotopic (exact) mass is 481 g/mol. The first kappa shape index (κ1) is 23.8. The van der Waals surface area contributed by atoms with E-state index in [1.54, 1.807) is 6.07 Å². The molecule has 0 spiro atoms. The molecule has 3 aromatic carbocycles. The maximum Gasteiger partial charge on any atom is 0.253 e. The van der Waals surface area contributed by atoms with E-state index in [2.05, 4.69) is 29.4 Å². The van der Waals surface area contributed by atoms with Gasteiger partial charge in [-0.1, -0.05) is 55.0 Å². The first-order valence-corrected chi connectivity index (χ1v) is 12.6. The highest BCUT2D eigenvalue weighted by Gasteiger charge is 2.30. The molecule has 0 saturated carbocycles. The van der Waals surface area contributed by atoms with Crippen LogP contribution in [0.25, 0.3) is 22.6 Å². The molecular weight excluding hydrogens is 450 g/mol. The van der Waals surface area contributed by atoms with E-state index in [-0.39, 0.29) is 23.7 Å². The van der Waals surface area contributed by atoms with Crippen LogP contribution in [0.5, 0.6) is 0 Å². The third kappa shape index (κ3) is 5.18. The fourth-order valence-electron chi connectivity index (χ4n) is 4.82. The number of amides is 2. The average molecular weight is 482 g/mol. The molecule has 1 atom stereocenters. The van der Waals surface area contributed by atoms with Crippen molar-refractivity contribution in [3.05, 3.63) is 89.5 Å². The number of carbonyl (C=O) groups excluding carboxylic acids is 2. The third-order valence-electron chi connectivity index (χ3n) is 7.19. The van der Waals surface area contributed by atoms with Crippen LogP contribution in [0.15, 0.2) is 77.2 Å². The second kappa shape index (κ2) is 10.4. The second-order valence-electron chi connectivity index (χ2n) is 9.69. The lowest BCUT2D eigenvalue weighted by Crippen LogP contribution is -2.42. The molecule has 1 saturated heterocycles. The Balaban J connectivity index is 1.17. The molecule has 0 radical (unpaired) electrons. The van der Waals surface area contributed by atoms with Crippen molar-refractivity contribution in [3.63, 3.8) is 0 Å². The van der Waals surface area contributed by atoms with Gasteiger partial charge < -0.3 is 14.6 Å². The van der Waals surface area contributed by atoms with E-state index < -0.39 is 0 Å². The van der Waals surface area contributed by atoms with Crippen LogP contribution < -0.4 is 5.32 Å². The molecule has 1 aliphatic heterocycles. The van der Waals surface area contributed by atoms with E-state index in [0.29, 0.717) is 36.7 Å². The highest BCUT2D eigenvalue weighted by Crippen LogP contribution is 2.28. The number of nitrogens with zero attached hydrogens (tertiary/aromatic N) is 2. The summed E-state index contributed by atoms with van der Waals surface area (Å²) in [4.78, 5) is 32.4. The summed E-state index contributed by atoms with van der Waals surface area (Å²) in [6, 6.07) is 23.4. The zero-order valence-electron chi connectivity index (χ0n) is 20.7. The Hall–Kier alpha value is -3.93. The van der Waals surface area contributed by atoms with E-state index in [0.717, 1.165) is 29.5 Å². The SMILES string of the molecule is Cc1ccc(CNC(=O)[C@H](C)C2CCN(C(=O)c3ccc4nc(-c5ccccc5)oc4c3)CC2)cc1. The van der Waals surface area contributed by atoms with E-state index in [1.165, 1.54) is 5.56 Å². The number of hydrogen-bond acceptors (Lipinski definition) is 4. The Kier molecular flexibility index (Phi) is 6.85. The van der Waals surface area contributed by atoms with Crippen molar-refractivity contribution in [1.29, 1.82) is 0 Å². The van der Waals surface area contributed by atoms with Gasteiger partial charge in [0.05, 0.1) is 0 Å². The zero-order chi connectivity index (χ0) is 25.1. The summed E-state index contributed by atoms with van der Waals surface area (Å²) in [7, 11) is 0. The van der Waals surface area contributed by atoms with Crippen LogP contribution in [0.4, 0.5) is 0 Å². The summed E-state index contributed by atoms with van der Waals surface area (Å²) in [5.74, 6) is 0.785. The summed E-state index contributed by atoms with van der Waals surface area (Å²) in [6.45, 7) is 5.87. The lowest BCUT2D eigenvalue weighted by atomic mass is 9.84. The van der Waals surface area contributed by atoms with Gasteiger partial charge in [-0.05, 0) is 61.6 Å². The van der Waals surface area contributed by atoms with Crippen LogP contribution in [-0.2, 0) is 11.3 Å². The number of carbonyl (C=O) groups is 2. The van der Waals surface area contributed by atoms with Crippen LogP contribution in [0.2, 0.25) is 0 Å². The summed E-state index contributed by atoms with van der Waals surface area (Å²) >= 11 is 0. The number of hydrogen-bond donors (Lipinski definition) is 1. The predicted octanol–water partition coefficient (Wildman–Crippen LogP) is 5.61. The van der Waals surface area contributed by atoms with Crippen molar-refractivity contribution in [2.75, 3.05) is 13.1 Å². The Morgan fingerprint density at radius 1 is 1.03 bits per heavy atom. The molecular formula is C30H31N3O3. The normalized spacial score (nSPS) is 15.1. The standard InChI is InChI=1S/C30H31N3O3/c1-20-8-10-22(11-9-20)19-31-28(34)21(2)23-14-16-33(17-15-23)30(35)25-12-13-26-27(18-25)36-29(32-26)24-6-4-3-5-7-24/h3-13,18,21,23H,14-17,19H2,1-2H3,(H,31,34)/t21-/m1/s1. The van der Waals surface area contributed by atoms with Crippen molar-refractivity contribution in [1.82, 2.24) is 15.2 Å². The van der Waals surface area contributed by atoms with Crippen molar-refractivity contribution in [2.24, 2.45) is 11.8 Å². The van der Waals surface area contributed by atoms with Crippen LogP contribution in [0.3, 0.4) is 0 Å². The second-order valence-corrected chi connectivity index (χ2v) is 9.69. The van der Waals surface area contributed by atoms with Gasteiger partial charge in [0.1, 0.15) is 5.52 Å². The van der Waals surface area contributed by atoms with Gasteiger partial charge in [0, 0.05) is 36.7 Å². The third-order valence-corrected chi connectivity index (χ3v) is 7.19. The lowest BCUT2D eigenvalue weighted by molar-refractivity contribution is -0.126. The average Bonchev–Trinajstić information content (AvgIpc) is 3.36. The molecule has 1 N–H and O–H groups in total. The van der Waals surface area contributed by atoms with Gasteiger partial charge in [-0.3, -0.25) is 9.59 Å². The Labute approximate surface area is 211 Å². The van der Waals surface area contributed by atoms with Crippen molar-refractivity contribution < 1.29 is 14.0 Å². The van der Waals surface area contributed by atoms with Gasteiger partial charge in [0.25, 0.3) is 5.91 Å². The van der Waals surface area contributed by atoms with Gasteiger partial charge in [-0.25, -0.2) is 4.98 Å². The summed E-state index contributed by atoms with van der Waals surface area (Å²) in [5, 5.41) is 3.07. The summed E-state index contributed by atoms with van der Waals surface area (Å²) in [6.07, 6.45) is 1.63. The van der Waals surface area contributed by atoms with Gasteiger partial charge in [-0.15, -0.1) is 0 Å². The summed E-state index contributed by atoms with van der Waals surface area (Å²) < 4.78 is 5.94. The molecule has 0 bridgehead atoms. The smallest absolute Gasteiger partial charge is 0.253 e. The van der Waals surface area contributed by atoms with E-state index in [4.69, 9.17) is 4.42 Å². The Morgan fingerprint density at radius 3 is 2.47 bits per heavy atom. The molecule has 6 nitrogen and oxygen atoms in total. The fraction of sp³-hybridized carbons (Fsp3) is 0.300. The molecule has 0 aliphatic carbocycles. The van der Waals surface area contributed by atoms with Crippen LogP contribution >= 0.6 is 0 Å². The molecule has 184 valence electrons. The molecule has 0 unspecified atom stereocenters. The maximum absolute atomic E-state index is 13.2. The lowest BCUT2D eigenvalue weighted by Gasteiger charge is -2.34. The highest BCUT2D eigenvalue weighted by atomic mass is 16.3. The van der Waals surface area contributed by atoms with E-state index in [9.17, 15) is 9.59 Å². The van der Waals surface area contributed by atoms with Crippen LogP contribution in [0.1, 0.15) is 41.3 Å². The molecule has 1 aliphatic rings. The largest absolute Gasteiger partial charge is 0.436 e. The topological polar surface area (TPSA) is 75.4 Å². The number of aryl methyl sites for hydroxylation is 1. The minimum atomic E-state index is -0.0883. The Morgan fingerprint density at radius 2 is 1.75 bits per heavy atom. The Bertz CT molecular complexity index is 1350. The van der Waals surface area contributed by atoms with Crippen molar-refractivity contribution in [3.8, 4) is 11.5 Å². The molecule has 1 aromatic heterocycles. The van der Waals surface area contributed by atoms with Crippen LogP contribution in [0, 0.1) is 18.8 Å². The van der Waals surface area contributed by atoms with E-state index >= 15 is 0 Å². The van der Waals surface area contributed by atoms with Crippen molar-refractivity contribution >= 4 is 22.9 Å². The van der Waals surface area contributed by atoms with Gasteiger partial charge in [0.2, 0.25) is 11.8 Å². The number of oxazole rings is 1. The molecule has 1 fully saturated rings. The zero-order valence-corrected chi connectivity index (χ0v) is 20.7. The molecule has 5 rings (SSSR count). The minimum absolute atomic E-state index is 0.00973. The first-order valence-electron chi connectivity index (χ1n) is 12.6. The quantitative estimate of drug-likeness (QED) is 0.389. The molecule has 4 aromatic rings. The minimum Gasteiger partial charge on any atom is -0.436 e. The number of fused-ring (bicyclic) bond motifs is 1. The number of nitrogens with one attached hydrogen (secondary N) is 1. The number of piperidine rings is 1. The van der Waals surface area contributed by atoms with Crippen molar-refractivity contribution in [2.45, 2.75) is 33.2 Å². The predicted molar refractivity (Wildman–Crippen MR) is 140 cm³/mol. The number of benzene rings is 3. The number of likely N-dealkylation sites (tertiary alicyclic amines) is 1. The first-order chi connectivity index (χ1) is 17.5. The van der Waals surface area contributed by atoms with Gasteiger partial charge in [0.15, 0.2) is 5.58 Å². The van der Waals surface area contributed by atoms with E-state index in [1.807, 2.05) is 66.4 Å². The highest BCUT2D eigenvalue weighted by molar-refractivity contribution is 5.97. The fourth-order valence-corrected chi connectivity index (χ4v) is 4.82. The van der Waals surface area contributed by atoms with Crippen LogP contribution in [-0.4, -0.2) is 34.8 Å². The van der Waals surface area contributed by atoms with Gasteiger partial charge >= 0.3 is 0 Å². The number of rotatable bonds is 6. The molecule has 2 amide bonds. The maximum atomic E-state index is 13.2. The molecule has 2 heterocycles. The molecule has 36 heavy (non-hydrogen) atoms. The van der Waals surface area contributed by atoms with Gasteiger partial charge in [-0.2, -0.15) is 0 Å². The number of aromatic nitrogens is 1. The summed E-state index contributed by atoms with van der Waals surface area (Å²) in [5.41, 5.74) is 5.14.